The van der Waals surface area contributed by atoms with Crippen LogP contribution < -0.4 is 20.9 Å². The first kappa shape index (κ1) is 22.8. The molecule has 7 heteroatoms. The number of anilines is 1. The van der Waals surface area contributed by atoms with E-state index in [2.05, 4.69) is 50.1 Å². The van der Waals surface area contributed by atoms with Gasteiger partial charge in [0.2, 0.25) is 5.91 Å². The SMILES string of the molecule is CCNC(=NCC(=O)NC1CCCCC1)NC1CCN(c2ccccc2)C1.I. The van der Waals surface area contributed by atoms with Crippen LogP contribution in [0.25, 0.3) is 0 Å². The number of rotatable bonds is 6. The third-order valence-electron chi connectivity index (χ3n) is 5.35. The predicted molar refractivity (Wildman–Crippen MR) is 127 cm³/mol. The van der Waals surface area contributed by atoms with Gasteiger partial charge in [-0.25, -0.2) is 4.99 Å². The molecule has 6 nitrogen and oxygen atoms in total. The standard InChI is InChI=1S/C21H33N5O.HI/c1-2-22-21(23-15-20(27)24-17-9-5-3-6-10-17)25-18-13-14-26(16-18)19-11-7-4-8-12-19;/h4,7-8,11-12,17-18H,2-3,5-6,9-10,13-16H2,1H3,(H,24,27)(H2,22,23,25);1H. The number of hydrogen-bond donors (Lipinski definition) is 3. The molecule has 1 aromatic carbocycles. The summed E-state index contributed by atoms with van der Waals surface area (Å²) in [4.78, 5) is 19.1. The van der Waals surface area contributed by atoms with Gasteiger partial charge in [-0.15, -0.1) is 24.0 Å². The van der Waals surface area contributed by atoms with Crippen LogP contribution in [-0.2, 0) is 4.79 Å². The number of guanidine groups is 1. The van der Waals surface area contributed by atoms with Gasteiger partial charge in [-0.3, -0.25) is 4.79 Å². The lowest BCUT2D eigenvalue weighted by Crippen LogP contribution is -2.45. The average Bonchev–Trinajstić information content (AvgIpc) is 3.16. The number of para-hydroxylation sites is 1. The van der Waals surface area contributed by atoms with E-state index in [1.807, 2.05) is 13.0 Å². The summed E-state index contributed by atoms with van der Waals surface area (Å²) in [5, 5.41) is 9.89. The zero-order valence-electron chi connectivity index (χ0n) is 16.8. The number of nitrogens with one attached hydrogen (secondary N) is 3. The van der Waals surface area contributed by atoms with Crippen molar-refractivity contribution < 1.29 is 4.79 Å². The number of benzene rings is 1. The maximum atomic E-state index is 12.2. The zero-order valence-corrected chi connectivity index (χ0v) is 19.2. The summed E-state index contributed by atoms with van der Waals surface area (Å²) < 4.78 is 0. The summed E-state index contributed by atoms with van der Waals surface area (Å²) in [6.45, 7) is 4.99. The lowest BCUT2D eigenvalue weighted by Gasteiger charge is -2.22. The first-order valence-corrected chi connectivity index (χ1v) is 10.4. The summed E-state index contributed by atoms with van der Waals surface area (Å²) in [5.74, 6) is 0.757. The van der Waals surface area contributed by atoms with Crippen molar-refractivity contribution in [2.75, 3.05) is 31.1 Å². The van der Waals surface area contributed by atoms with Gasteiger partial charge >= 0.3 is 0 Å². The molecule has 0 bridgehead atoms. The Bertz CT molecular complexity index is 618. The van der Waals surface area contributed by atoms with E-state index in [9.17, 15) is 4.79 Å². The predicted octanol–water partition coefficient (Wildman–Crippen LogP) is 2.89. The van der Waals surface area contributed by atoms with E-state index < -0.39 is 0 Å². The normalized spacial score (nSPS) is 20.4. The Balaban J connectivity index is 0.00000280. The van der Waals surface area contributed by atoms with Crippen LogP contribution in [0.2, 0.25) is 0 Å². The fourth-order valence-electron chi connectivity index (χ4n) is 3.94. The number of amides is 1. The largest absolute Gasteiger partial charge is 0.369 e. The molecule has 0 radical (unpaired) electrons. The van der Waals surface area contributed by atoms with Crippen molar-refractivity contribution in [1.29, 1.82) is 0 Å². The molecule has 1 aliphatic carbocycles. The molecule has 1 aromatic rings. The fraction of sp³-hybridized carbons (Fsp3) is 0.619. The number of carbonyl (C=O) groups excluding carboxylic acids is 1. The molecule has 28 heavy (non-hydrogen) atoms. The van der Waals surface area contributed by atoms with Crippen LogP contribution in [0.1, 0.15) is 45.4 Å². The van der Waals surface area contributed by atoms with Crippen LogP contribution in [-0.4, -0.2) is 50.1 Å². The van der Waals surface area contributed by atoms with Gasteiger partial charge in [-0.1, -0.05) is 37.5 Å². The van der Waals surface area contributed by atoms with Crippen LogP contribution in [0.3, 0.4) is 0 Å². The zero-order chi connectivity index (χ0) is 18.9. The number of aliphatic imine (C=N–C) groups is 1. The Morgan fingerprint density at radius 1 is 1.07 bits per heavy atom. The van der Waals surface area contributed by atoms with Gasteiger partial charge in [0.1, 0.15) is 6.54 Å². The summed E-state index contributed by atoms with van der Waals surface area (Å²) >= 11 is 0. The lowest BCUT2D eigenvalue weighted by molar-refractivity contribution is -0.120. The molecule has 1 aliphatic heterocycles. The van der Waals surface area contributed by atoms with Crippen molar-refractivity contribution in [2.24, 2.45) is 4.99 Å². The molecule has 156 valence electrons. The summed E-state index contributed by atoms with van der Waals surface area (Å²) in [5.41, 5.74) is 1.26. The number of carbonyl (C=O) groups is 1. The molecule has 2 aliphatic rings. The van der Waals surface area contributed by atoms with Crippen molar-refractivity contribution in [3.8, 4) is 0 Å². The Morgan fingerprint density at radius 3 is 2.54 bits per heavy atom. The van der Waals surface area contributed by atoms with Crippen LogP contribution in [0.4, 0.5) is 5.69 Å². The van der Waals surface area contributed by atoms with E-state index >= 15 is 0 Å². The third kappa shape index (κ3) is 7.14. The van der Waals surface area contributed by atoms with E-state index in [1.54, 1.807) is 0 Å². The van der Waals surface area contributed by atoms with Gasteiger partial charge in [-0.05, 0) is 38.3 Å². The van der Waals surface area contributed by atoms with E-state index in [1.165, 1.54) is 24.9 Å². The van der Waals surface area contributed by atoms with E-state index in [0.29, 0.717) is 12.1 Å². The minimum absolute atomic E-state index is 0. The van der Waals surface area contributed by atoms with Gasteiger partial charge in [0.15, 0.2) is 5.96 Å². The Kier molecular flexibility index (Phi) is 9.87. The Hall–Kier alpha value is -1.51. The summed E-state index contributed by atoms with van der Waals surface area (Å²) in [6, 6.07) is 11.2. The Labute approximate surface area is 186 Å². The second-order valence-corrected chi connectivity index (χ2v) is 7.51. The molecule has 1 saturated heterocycles. The second-order valence-electron chi connectivity index (χ2n) is 7.51. The molecule has 1 heterocycles. The van der Waals surface area contributed by atoms with Gasteiger partial charge in [-0.2, -0.15) is 0 Å². The molecule has 1 atom stereocenters. The first-order valence-electron chi connectivity index (χ1n) is 10.4. The van der Waals surface area contributed by atoms with Gasteiger partial charge in [0.25, 0.3) is 0 Å². The minimum Gasteiger partial charge on any atom is -0.369 e. The van der Waals surface area contributed by atoms with E-state index in [-0.39, 0.29) is 36.4 Å². The quantitative estimate of drug-likeness (QED) is 0.320. The molecule has 3 N–H and O–H groups in total. The monoisotopic (exact) mass is 499 g/mol. The maximum absolute atomic E-state index is 12.2. The van der Waals surface area contributed by atoms with E-state index in [0.717, 1.165) is 44.9 Å². The van der Waals surface area contributed by atoms with Crippen LogP contribution in [0.5, 0.6) is 0 Å². The van der Waals surface area contributed by atoms with Crippen molar-refractivity contribution in [2.45, 2.75) is 57.5 Å². The molecule has 1 unspecified atom stereocenters. The molecular formula is C21H34IN5O. The highest BCUT2D eigenvalue weighted by molar-refractivity contribution is 14.0. The molecular weight excluding hydrogens is 465 g/mol. The topological polar surface area (TPSA) is 68.8 Å². The maximum Gasteiger partial charge on any atom is 0.242 e. The van der Waals surface area contributed by atoms with Crippen molar-refractivity contribution in [3.05, 3.63) is 30.3 Å². The lowest BCUT2D eigenvalue weighted by atomic mass is 9.95. The fourth-order valence-corrected chi connectivity index (χ4v) is 3.94. The second kappa shape index (κ2) is 12.1. The average molecular weight is 499 g/mol. The van der Waals surface area contributed by atoms with Crippen LogP contribution in [0.15, 0.2) is 35.3 Å². The highest BCUT2D eigenvalue weighted by Gasteiger charge is 2.23. The van der Waals surface area contributed by atoms with Gasteiger partial charge < -0.3 is 20.9 Å². The number of nitrogens with zero attached hydrogens (tertiary/aromatic N) is 2. The van der Waals surface area contributed by atoms with Crippen LogP contribution in [0, 0.1) is 0 Å². The van der Waals surface area contributed by atoms with E-state index in [4.69, 9.17) is 0 Å². The highest BCUT2D eigenvalue weighted by atomic mass is 127. The summed E-state index contributed by atoms with van der Waals surface area (Å²) in [6.07, 6.45) is 7.00. The van der Waals surface area contributed by atoms with Crippen molar-refractivity contribution >= 4 is 41.5 Å². The Morgan fingerprint density at radius 2 is 1.82 bits per heavy atom. The molecule has 1 amide bonds. The first-order chi connectivity index (χ1) is 13.2. The molecule has 1 saturated carbocycles. The molecule has 0 aromatic heterocycles. The van der Waals surface area contributed by atoms with Gasteiger partial charge in [0.05, 0.1) is 0 Å². The third-order valence-corrected chi connectivity index (χ3v) is 5.35. The van der Waals surface area contributed by atoms with Gasteiger partial charge in [0, 0.05) is 37.4 Å². The smallest absolute Gasteiger partial charge is 0.242 e. The van der Waals surface area contributed by atoms with Crippen molar-refractivity contribution in [1.82, 2.24) is 16.0 Å². The number of hydrogen-bond acceptors (Lipinski definition) is 3. The number of halogens is 1. The minimum atomic E-state index is 0. The molecule has 0 spiro atoms. The van der Waals surface area contributed by atoms with Crippen LogP contribution >= 0.6 is 24.0 Å². The molecule has 2 fully saturated rings. The molecule has 3 rings (SSSR count). The summed E-state index contributed by atoms with van der Waals surface area (Å²) in [7, 11) is 0. The highest BCUT2D eigenvalue weighted by Crippen LogP contribution is 2.19. The van der Waals surface area contributed by atoms with Crippen molar-refractivity contribution in [3.63, 3.8) is 0 Å².